The van der Waals surface area contributed by atoms with E-state index in [2.05, 4.69) is 25.8 Å². The fourth-order valence-electron chi connectivity index (χ4n) is 1.53. The first kappa shape index (κ1) is 14.9. The summed E-state index contributed by atoms with van der Waals surface area (Å²) < 4.78 is 5.57. The largest absolute Gasteiger partial charge is 0.389 e. The minimum absolute atomic E-state index is 0.435. The maximum atomic E-state index is 5.57. The number of rotatable bonds is 7. The van der Waals surface area contributed by atoms with E-state index in [4.69, 9.17) is 22.7 Å². The first-order valence-corrected chi connectivity index (χ1v) is 6.60. The Hall–Kier alpha value is -1.13. The number of nitrogens with two attached hydrogens (primary N) is 1. The Labute approximate surface area is 115 Å². The summed E-state index contributed by atoms with van der Waals surface area (Å²) >= 11 is 4.93. The van der Waals surface area contributed by atoms with Gasteiger partial charge in [-0.2, -0.15) is 0 Å². The zero-order valence-electron chi connectivity index (χ0n) is 11.3. The number of benzene rings is 1. The molecule has 0 amide bonds. The van der Waals surface area contributed by atoms with Crippen molar-refractivity contribution in [3.05, 3.63) is 29.8 Å². The molecule has 0 aromatic heterocycles. The zero-order valence-corrected chi connectivity index (χ0v) is 12.2. The van der Waals surface area contributed by atoms with Gasteiger partial charge in [0, 0.05) is 31.5 Å². The Morgan fingerprint density at radius 3 is 2.44 bits per heavy atom. The Bertz CT molecular complexity index is 376. The van der Waals surface area contributed by atoms with Gasteiger partial charge >= 0.3 is 0 Å². The molecule has 1 rings (SSSR count). The summed E-state index contributed by atoms with van der Waals surface area (Å²) in [5, 5.41) is 0. The van der Waals surface area contributed by atoms with Crippen LogP contribution in [0.1, 0.15) is 19.4 Å². The molecule has 0 fully saturated rings. The second-order valence-electron chi connectivity index (χ2n) is 4.80. The Kier molecular flexibility index (Phi) is 6.09. The number of likely N-dealkylation sites (N-methyl/N-ethyl adjacent to an activating group) is 1. The summed E-state index contributed by atoms with van der Waals surface area (Å²) in [5.74, 6) is 0.583. The summed E-state index contributed by atoms with van der Waals surface area (Å²) in [5.41, 5.74) is 7.61. The predicted molar refractivity (Wildman–Crippen MR) is 81.3 cm³/mol. The van der Waals surface area contributed by atoms with Gasteiger partial charge in [-0.25, -0.2) is 0 Å². The number of hydrogen-bond donors (Lipinski definition) is 1. The lowest BCUT2D eigenvalue weighted by Gasteiger charge is -2.19. The summed E-state index contributed by atoms with van der Waals surface area (Å²) in [7, 11) is 2.05. The van der Waals surface area contributed by atoms with Gasteiger partial charge < -0.3 is 15.4 Å². The number of nitrogens with zero attached hydrogens (tertiary/aromatic N) is 1. The maximum absolute atomic E-state index is 5.57. The topological polar surface area (TPSA) is 38.5 Å². The van der Waals surface area contributed by atoms with Crippen LogP contribution in [0.2, 0.25) is 0 Å². The van der Waals surface area contributed by atoms with Crippen molar-refractivity contribution in [1.82, 2.24) is 0 Å². The Morgan fingerprint density at radius 1 is 1.33 bits per heavy atom. The van der Waals surface area contributed by atoms with Crippen LogP contribution < -0.4 is 10.6 Å². The SMILES string of the molecule is CC(C)COCCN(C)c1ccc(C(N)=S)cc1. The smallest absolute Gasteiger partial charge is 0.103 e. The van der Waals surface area contributed by atoms with Crippen LogP contribution in [-0.4, -0.2) is 31.8 Å². The molecular weight excluding hydrogens is 244 g/mol. The summed E-state index contributed by atoms with van der Waals surface area (Å²) in [6.45, 7) is 6.73. The van der Waals surface area contributed by atoms with Crippen LogP contribution in [0.25, 0.3) is 0 Å². The highest BCUT2D eigenvalue weighted by atomic mass is 32.1. The van der Waals surface area contributed by atoms with Crippen LogP contribution in [0, 0.1) is 5.92 Å². The van der Waals surface area contributed by atoms with Crippen LogP contribution in [0.5, 0.6) is 0 Å². The van der Waals surface area contributed by atoms with Crippen molar-refractivity contribution >= 4 is 22.9 Å². The number of anilines is 1. The van der Waals surface area contributed by atoms with Gasteiger partial charge in [0.1, 0.15) is 4.99 Å². The molecule has 0 atom stereocenters. The fourth-order valence-corrected chi connectivity index (χ4v) is 1.67. The van der Waals surface area contributed by atoms with Crippen molar-refractivity contribution < 1.29 is 4.74 Å². The van der Waals surface area contributed by atoms with Crippen LogP contribution in [0.4, 0.5) is 5.69 Å². The average Bonchev–Trinajstić information content (AvgIpc) is 2.34. The van der Waals surface area contributed by atoms with Gasteiger partial charge in [-0.05, 0) is 30.2 Å². The standard InChI is InChI=1S/C14H22N2OS/c1-11(2)10-17-9-8-16(3)13-6-4-12(5-7-13)14(15)18/h4-7,11H,8-10H2,1-3H3,(H2,15,18). The molecule has 0 bridgehead atoms. The molecule has 0 aliphatic carbocycles. The van der Waals surface area contributed by atoms with Crippen LogP contribution in [0.3, 0.4) is 0 Å². The summed E-state index contributed by atoms with van der Waals surface area (Å²) in [6.07, 6.45) is 0. The van der Waals surface area contributed by atoms with Crippen molar-refractivity contribution in [2.45, 2.75) is 13.8 Å². The third-order valence-electron chi connectivity index (χ3n) is 2.61. The highest BCUT2D eigenvalue weighted by Crippen LogP contribution is 2.13. The highest BCUT2D eigenvalue weighted by molar-refractivity contribution is 7.80. The van der Waals surface area contributed by atoms with Crippen LogP contribution in [0.15, 0.2) is 24.3 Å². The molecule has 0 aliphatic rings. The second-order valence-corrected chi connectivity index (χ2v) is 5.24. The van der Waals surface area contributed by atoms with E-state index >= 15 is 0 Å². The average molecular weight is 266 g/mol. The minimum Gasteiger partial charge on any atom is -0.389 e. The summed E-state index contributed by atoms with van der Waals surface area (Å²) in [4.78, 5) is 2.59. The quantitative estimate of drug-likeness (QED) is 0.607. The van der Waals surface area contributed by atoms with Gasteiger partial charge in [0.15, 0.2) is 0 Å². The Morgan fingerprint density at radius 2 is 1.94 bits per heavy atom. The molecule has 0 spiro atoms. The molecule has 0 radical (unpaired) electrons. The Balaban J connectivity index is 2.41. The lowest BCUT2D eigenvalue weighted by Crippen LogP contribution is -2.23. The first-order valence-electron chi connectivity index (χ1n) is 6.19. The van der Waals surface area contributed by atoms with E-state index in [0.717, 1.165) is 31.0 Å². The van der Waals surface area contributed by atoms with E-state index in [-0.39, 0.29) is 0 Å². The van der Waals surface area contributed by atoms with E-state index < -0.39 is 0 Å². The van der Waals surface area contributed by atoms with Crippen molar-refractivity contribution in [1.29, 1.82) is 0 Å². The van der Waals surface area contributed by atoms with E-state index in [1.807, 2.05) is 24.3 Å². The molecule has 2 N–H and O–H groups in total. The molecule has 0 saturated heterocycles. The van der Waals surface area contributed by atoms with E-state index in [0.29, 0.717) is 10.9 Å². The van der Waals surface area contributed by atoms with Crippen molar-refractivity contribution in [3.63, 3.8) is 0 Å². The zero-order chi connectivity index (χ0) is 13.5. The molecule has 100 valence electrons. The minimum atomic E-state index is 0.435. The first-order chi connectivity index (χ1) is 8.50. The number of ether oxygens (including phenoxy) is 1. The van der Waals surface area contributed by atoms with E-state index in [1.165, 1.54) is 0 Å². The monoisotopic (exact) mass is 266 g/mol. The highest BCUT2D eigenvalue weighted by Gasteiger charge is 2.02. The number of thiocarbonyl (C=S) groups is 1. The lowest BCUT2D eigenvalue weighted by atomic mass is 10.2. The molecule has 1 aromatic rings. The molecule has 1 aromatic carbocycles. The maximum Gasteiger partial charge on any atom is 0.103 e. The third-order valence-corrected chi connectivity index (χ3v) is 2.85. The van der Waals surface area contributed by atoms with Crippen molar-refractivity contribution in [3.8, 4) is 0 Å². The normalized spacial score (nSPS) is 10.7. The van der Waals surface area contributed by atoms with Gasteiger partial charge in [0.25, 0.3) is 0 Å². The molecule has 0 saturated carbocycles. The van der Waals surface area contributed by atoms with Gasteiger partial charge in [-0.15, -0.1) is 0 Å². The molecular formula is C14H22N2OS. The van der Waals surface area contributed by atoms with Crippen LogP contribution >= 0.6 is 12.2 Å². The van der Waals surface area contributed by atoms with Gasteiger partial charge in [0.2, 0.25) is 0 Å². The second kappa shape index (κ2) is 7.34. The lowest BCUT2D eigenvalue weighted by molar-refractivity contribution is 0.116. The molecule has 3 nitrogen and oxygen atoms in total. The fraction of sp³-hybridized carbons (Fsp3) is 0.500. The third kappa shape index (κ3) is 5.02. The molecule has 0 heterocycles. The van der Waals surface area contributed by atoms with Gasteiger partial charge in [-0.1, -0.05) is 26.1 Å². The summed E-state index contributed by atoms with van der Waals surface area (Å²) in [6, 6.07) is 7.94. The van der Waals surface area contributed by atoms with Crippen LogP contribution in [-0.2, 0) is 4.74 Å². The van der Waals surface area contributed by atoms with E-state index in [1.54, 1.807) is 0 Å². The molecule has 4 heteroatoms. The van der Waals surface area contributed by atoms with Gasteiger partial charge in [-0.3, -0.25) is 0 Å². The van der Waals surface area contributed by atoms with Crippen molar-refractivity contribution in [2.24, 2.45) is 11.7 Å². The molecule has 0 unspecified atom stereocenters. The van der Waals surface area contributed by atoms with Crippen molar-refractivity contribution in [2.75, 3.05) is 31.7 Å². The molecule has 18 heavy (non-hydrogen) atoms. The molecule has 0 aliphatic heterocycles. The number of hydrogen-bond acceptors (Lipinski definition) is 3. The van der Waals surface area contributed by atoms with Gasteiger partial charge in [0.05, 0.1) is 6.61 Å². The van der Waals surface area contributed by atoms with E-state index in [9.17, 15) is 0 Å². The predicted octanol–water partition coefficient (Wildman–Crippen LogP) is 2.43.